The second kappa shape index (κ2) is 8.82. The van der Waals surface area contributed by atoms with Crippen LogP contribution in [-0.4, -0.2) is 48.6 Å². The number of anilines is 1. The third kappa shape index (κ3) is 4.03. The molecular formula is C25H25ClN8S. The predicted molar refractivity (Wildman–Crippen MR) is 141 cm³/mol. The number of nitrogens with one attached hydrogen (secondary N) is 1. The molecule has 0 radical (unpaired) electrons. The smallest absolute Gasteiger partial charge is 0.196 e. The normalized spacial score (nSPS) is 16.1. The summed E-state index contributed by atoms with van der Waals surface area (Å²) in [6.07, 6.45) is 7.26. The summed E-state index contributed by atoms with van der Waals surface area (Å²) in [5, 5.41) is 3.30. The molecule has 6 rings (SSSR count). The van der Waals surface area contributed by atoms with E-state index in [0.29, 0.717) is 10.2 Å². The first kappa shape index (κ1) is 22.3. The van der Waals surface area contributed by atoms with E-state index in [1.165, 1.54) is 11.8 Å². The Kier molecular flexibility index (Phi) is 5.63. The lowest BCUT2D eigenvalue weighted by Crippen LogP contribution is -2.27. The van der Waals surface area contributed by atoms with Gasteiger partial charge in [-0.15, -0.1) is 0 Å². The van der Waals surface area contributed by atoms with Crippen LogP contribution in [0.1, 0.15) is 24.7 Å². The summed E-state index contributed by atoms with van der Waals surface area (Å²) in [5.74, 6) is 0.851. The average molecular weight is 505 g/mol. The van der Waals surface area contributed by atoms with Gasteiger partial charge in [0.15, 0.2) is 5.16 Å². The van der Waals surface area contributed by atoms with Crippen LogP contribution in [0.5, 0.6) is 0 Å². The van der Waals surface area contributed by atoms with E-state index >= 15 is 0 Å². The number of aryl methyl sites for hydroxylation is 2. The van der Waals surface area contributed by atoms with Crippen LogP contribution in [0.3, 0.4) is 0 Å². The SMILES string of the molecule is CCc1[nH]c2nc(Sc3ccc4c(-n5ccnc5)cc(C)nc4c3)nc(N3CC[C@@H](N)C3)c2c1Cl. The van der Waals surface area contributed by atoms with E-state index in [1.54, 1.807) is 12.5 Å². The number of hydrogen-bond donors (Lipinski definition) is 2. The maximum atomic E-state index is 6.74. The summed E-state index contributed by atoms with van der Waals surface area (Å²) in [5.41, 5.74) is 10.9. The van der Waals surface area contributed by atoms with Gasteiger partial charge >= 0.3 is 0 Å². The lowest BCUT2D eigenvalue weighted by Gasteiger charge is -2.18. The minimum absolute atomic E-state index is 0.138. The third-order valence-electron chi connectivity index (χ3n) is 6.38. The van der Waals surface area contributed by atoms with Gasteiger partial charge in [-0.05, 0) is 55.8 Å². The number of H-pyrrole nitrogens is 1. The minimum atomic E-state index is 0.138. The van der Waals surface area contributed by atoms with Gasteiger partial charge in [-0.1, -0.05) is 18.5 Å². The molecule has 35 heavy (non-hydrogen) atoms. The first-order valence-corrected chi connectivity index (χ1v) is 12.9. The fraction of sp³-hybridized carbons (Fsp3) is 0.280. The largest absolute Gasteiger partial charge is 0.354 e. The van der Waals surface area contributed by atoms with E-state index in [9.17, 15) is 0 Å². The van der Waals surface area contributed by atoms with Gasteiger partial charge in [-0.3, -0.25) is 4.98 Å². The number of nitrogens with zero attached hydrogens (tertiary/aromatic N) is 6. The van der Waals surface area contributed by atoms with Crippen LogP contribution in [0.15, 0.2) is 53.0 Å². The first-order chi connectivity index (χ1) is 17.0. The summed E-state index contributed by atoms with van der Waals surface area (Å²) in [4.78, 5) is 25.4. The van der Waals surface area contributed by atoms with E-state index in [1.807, 2.05) is 17.7 Å². The lowest BCUT2D eigenvalue weighted by molar-refractivity contribution is 0.751. The van der Waals surface area contributed by atoms with E-state index in [-0.39, 0.29) is 6.04 Å². The standard InChI is InChI=1S/C25H25ClN8S/c1-3-18-22(26)21-23(30-18)31-25(32-24(21)33-8-6-15(27)12-33)35-16-4-5-17-19(11-16)29-14(2)10-20(17)34-9-7-28-13-34/h4-5,7,9-11,13,15H,3,6,8,12,27H2,1-2H3,(H,30,31,32)/t15-/m1/s1. The summed E-state index contributed by atoms with van der Waals surface area (Å²) in [6, 6.07) is 8.48. The number of pyridine rings is 1. The second-order valence-electron chi connectivity index (χ2n) is 8.85. The van der Waals surface area contributed by atoms with Crippen LogP contribution in [0.4, 0.5) is 5.82 Å². The highest BCUT2D eigenvalue weighted by Gasteiger charge is 2.26. The van der Waals surface area contributed by atoms with Gasteiger partial charge in [0.05, 0.1) is 27.9 Å². The van der Waals surface area contributed by atoms with Crippen molar-refractivity contribution in [2.45, 2.75) is 42.8 Å². The molecule has 5 heterocycles. The number of aromatic amines is 1. The van der Waals surface area contributed by atoms with Gasteiger partial charge < -0.3 is 20.2 Å². The van der Waals surface area contributed by atoms with Crippen LogP contribution >= 0.6 is 23.4 Å². The zero-order valence-corrected chi connectivity index (χ0v) is 21.1. The zero-order chi connectivity index (χ0) is 24.1. The summed E-state index contributed by atoms with van der Waals surface area (Å²) < 4.78 is 2.01. The molecule has 1 aliphatic heterocycles. The Morgan fingerprint density at radius 2 is 2.11 bits per heavy atom. The molecule has 1 fully saturated rings. The van der Waals surface area contributed by atoms with Crippen molar-refractivity contribution in [1.29, 1.82) is 0 Å². The number of benzene rings is 1. The number of hydrogen-bond acceptors (Lipinski definition) is 7. The van der Waals surface area contributed by atoms with Crippen LogP contribution in [0.2, 0.25) is 5.02 Å². The molecule has 0 unspecified atom stereocenters. The first-order valence-electron chi connectivity index (χ1n) is 11.7. The van der Waals surface area contributed by atoms with Gasteiger partial charge in [0, 0.05) is 53.2 Å². The van der Waals surface area contributed by atoms with Gasteiger partial charge in [0.25, 0.3) is 0 Å². The maximum Gasteiger partial charge on any atom is 0.196 e. The van der Waals surface area contributed by atoms with Crippen LogP contribution in [0.25, 0.3) is 27.6 Å². The number of imidazole rings is 1. The summed E-state index contributed by atoms with van der Waals surface area (Å²) >= 11 is 8.26. The fourth-order valence-corrected chi connectivity index (χ4v) is 5.81. The molecule has 4 aromatic heterocycles. The fourth-order valence-electron chi connectivity index (χ4n) is 4.67. The average Bonchev–Trinajstić information content (AvgIpc) is 3.59. The van der Waals surface area contributed by atoms with Crippen molar-refractivity contribution >= 4 is 51.1 Å². The molecule has 1 aromatic carbocycles. The Morgan fingerprint density at radius 3 is 2.86 bits per heavy atom. The number of halogens is 1. The molecule has 1 saturated heterocycles. The topological polar surface area (TPSA) is 102 Å². The predicted octanol–water partition coefficient (Wildman–Crippen LogP) is 4.90. The van der Waals surface area contributed by atoms with Crippen molar-refractivity contribution in [3.8, 4) is 5.69 Å². The van der Waals surface area contributed by atoms with Crippen molar-refractivity contribution in [3.05, 3.63) is 59.4 Å². The minimum Gasteiger partial charge on any atom is -0.354 e. The highest BCUT2D eigenvalue weighted by Crippen LogP contribution is 2.38. The molecule has 0 amide bonds. The molecule has 1 atom stereocenters. The Bertz CT molecular complexity index is 1540. The molecule has 0 saturated carbocycles. The molecule has 5 aromatic rings. The van der Waals surface area contributed by atoms with E-state index in [4.69, 9.17) is 32.3 Å². The molecular weight excluding hydrogens is 480 g/mol. The third-order valence-corrected chi connectivity index (χ3v) is 7.65. The van der Waals surface area contributed by atoms with Crippen LogP contribution in [-0.2, 0) is 6.42 Å². The Hall–Kier alpha value is -3.14. The number of rotatable bonds is 5. The second-order valence-corrected chi connectivity index (χ2v) is 10.3. The summed E-state index contributed by atoms with van der Waals surface area (Å²) in [7, 11) is 0. The molecule has 8 nitrogen and oxygen atoms in total. The monoisotopic (exact) mass is 504 g/mol. The van der Waals surface area contributed by atoms with Crippen molar-refractivity contribution in [2.75, 3.05) is 18.0 Å². The number of aromatic nitrogens is 6. The molecule has 0 bridgehead atoms. The van der Waals surface area contributed by atoms with E-state index in [2.05, 4.69) is 46.1 Å². The molecule has 10 heteroatoms. The van der Waals surface area contributed by atoms with Crippen molar-refractivity contribution < 1.29 is 0 Å². The van der Waals surface area contributed by atoms with Gasteiger partial charge in [0.1, 0.15) is 11.5 Å². The number of nitrogens with two attached hydrogens (primary N) is 1. The molecule has 1 aliphatic rings. The molecule has 3 N–H and O–H groups in total. The summed E-state index contributed by atoms with van der Waals surface area (Å²) in [6.45, 7) is 5.70. The molecule has 0 aliphatic carbocycles. The van der Waals surface area contributed by atoms with Gasteiger partial charge in [-0.2, -0.15) is 0 Å². The number of fused-ring (bicyclic) bond motifs is 2. The van der Waals surface area contributed by atoms with Crippen LogP contribution < -0.4 is 10.6 Å². The van der Waals surface area contributed by atoms with E-state index in [0.717, 1.165) is 75.7 Å². The molecule has 178 valence electrons. The van der Waals surface area contributed by atoms with Crippen molar-refractivity contribution in [2.24, 2.45) is 5.73 Å². The Morgan fingerprint density at radius 1 is 1.23 bits per heavy atom. The zero-order valence-electron chi connectivity index (χ0n) is 19.5. The van der Waals surface area contributed by atoms with E-state index < -0.39 is 0 Å². The highest BCUT2D eigenvalue weighted by molar-refractivity contribution is 7.99. The lowest BCUT2D eigenvalue weighted by atomic mass is 10.1. The van der Waals surface area contributed by atoms with Crippen molar-refractivity contribution in [1.82, 2.24) is 29.5 Å². The highest BCUT2D eigenvalue weighted by atomic mass is 35.5. The molecule has 0 spiro atoms. The van der Waals surface area contributed by atoms with Gasteiger partial charge in [-0.25, -0.2) is 15.0 Å². The van der Waals surface area contributed by atoms with Crippen molar-refractivity contribution in [3.63, 3.8) is 0 Å². The Labute approximate surface area is 211 Å². The van der Waals surface area contributed by atoms with Gasteiger partial charge in [0.2, 0.25) is 0 Å². The van der Waals surface area contributed by atoms with Crippen LogP contribution in [0, 0.1) is 6.92 Å². The quantitative estimate of drug-likeness (QED) is 0.328. The maximum absolute atomic E-state index is 6.74. The Balaban J connectivity index is 1.42.